The molecule has 1 fully saturated rings. The van der Waals surface area contributed by atoms with Gasteiger partial charge in [-0.05, 0) is 63.1 Å². The zero-order valence-corrected chi connectivity index (χ0v) is 12.3. The molecule has 1 aliphatic carbocycles. The van der Waals surface area contributed by atoms with E-state index >= 15 is 0 Å². The summed E-state index contributed by atoms with van der Waals surface area (Å²) in [7, 11) is 0. The predicted octanol–water partition coefficient (Wildman–Crippen LogP) is 4.53. The maximum Gasteiger partial charge on any atom is 0.0294 e. The van der Waals surface area contributed by atoms with Crippen molar-refractivity contribution in [3.63, 3.8) is 0 Å². The van der Waals surface area contributed by atoms with Crippen LogP contribution in [0.2, 0.25) is 0 Å². The molecule has 0 spiro atoms. The van der Waals surface area contributed by atoms with Crippen LogP contribution in [-0.2, 0) is 0 Å². The topological polar surface area (TPSA) is 12.0 Å². The molecule has 2 atom stereocenters. The van der Waals surface area contributed by atoms with E-state index in [-0.39, 0.29) is 0 Å². The number of benzene rings is 1. The van der Waals surface area contributed by atoms with Crippen molar-refractivity contribution in [1.82, 2.24) is 5.32 Å². The first kappa shape index (κ1) is 13.6. The van der Waals surface area contributed by atoms with Crippen LogP contribution in [0.25, 0.3) is 0 Å². The summed E-state index contributed by atoms with van der Waals surface area (Å²) in [4.78, 5) is 0. The predicted molar refractivity (Wildman–Crippen MR) is 78.9 cm³/mol. The molecule has 0 saturated heterocycles. The van der Waals surface area contributed by atoms with Gasteiger partial charge in [-0.3, -0.25) is 0 Å². The van der Waals surface area contributed by atoms with Crippen molar-refractivity contribution in [2.45, 2.75) is 65.5 Å². The summed E-state index contributed by atoms with van der Waals surface area (Å²) in [5.74, 6) is 0.888. The summed E-state index contributed by atoms with van der Waals surface area (Å²) < 4.78 is 0. The molecule has 0 amide bonds. The van der Waals surface area contributed by atoms with Gasteiger partial charge in [-0.25, -0.2) is 0 Å². The van der Waals surface area contributed by atoms with Gasteiger partial charge in [0.05, 0.1) is 0 Å². The van der Waals surface area contributed by atoms with E-state index in [0.717, 1.165) is 5.92 Å². The Morgan fingerprint density at radius 2 is 1.72 bits per heavy atom. The van der Waals surface area contributed by atoms with Crippen LogP contribution in [0.4, 0.5) is 0 Å². The second-order valence-electron chi connectivity index (χ2n) is 6.07. The van der Waals surface area contributed by atoms with E-state index in [2.05, 4.69) is 51.2 Å². The average molecular weight is 245 g/mol. The molecular weight excluding hydrogens is 218 g/mol. The molecule has 1 aliphatic rings. The zero-order chi connectivity index (χ0) is 13.1. The third-order valence-corrected chi connectivity index (χ3v) is 4.65. The molecule has 1 aromatic carbocycles. The smallest absolute Gasteiger partial charge is 0.0294 e. The van der Waals surface area contributed by atoms with Gasteiger partial charge < -0.3 is 5.32 Å². The van der Waals surface area contributed by atoms with Crippen LogP contribution in [0.1, 0.15) is 62.3 Å². The van der Waals surface area contributed by atoms with Gasteiger partial charge in [-0.1, -0.05) is 31.0 Å². The lowest BCUT2D eigenvalue weighted by atomic mass is 9.97. The van der Waals surface area contributed by atoms with Crippen molar-refractivity contribution in [2.75, 3.05) is 0 Å². The monoisotopic (exact) mass is 245 g/mol. The second kappa shape index (κ2) is 5.88. The summed E-state index contributed by atoms with van der Waals surface area (Å²) in [6.45, 7) is 9.02. The van der Waals surface area contributed by atoms with Crippen molar-refractivity contribution in [3.05, 3.63) is 34.9 Å². The summed E-state index contributed by atoms with van der Waals surface area (Å²) in [6, 6.07) is 7.93. The normalized spacial score (nSPS) is 20.0. The van der Waals surface area contributed by atoms with E-state index in [0.29, 0.717) is 12.1 Å². The largest absolute Gasteiger partial charge is 0.307 e. The molecule has 0 aromatic heterocycles. The highest BCUT2D eigenvalue weighted by atomic mass is 14.9. The first-order chi connectivity index (χ1) is 8.58. The van der Waals surface area contributed by atoms with Crippen LogP contribution in [0.5, 0.6) is 0 Å². The van der Waals surface area contributed by atoms with Crippen LogP contribution >= 0.6 is 0 Å². The number of hydrogen-bond acceptors (Lipinski definition) is 1. The van der Waals surface area contributed by atoms with Gasteiger partial charge in [0.1, 0.15) is 0 Å². The van der Waals surface area contributed by atoms with Crippen molar-refractivity contribution in [1.29, 1.82) is 0 Å². The molecule has 1 nitrogen and oxygen atoms in total. The lowest BCUT2D eigenvalue weighted by molar-refractivity contribution is 0.352. The first-order valence-corrected chi connectivity index (χ1v) is 7.41. The Balaban J connectivity index is 1.97. The van der Waals surface area contributed by atoms with Crippen LogP contribution < -0.4 is 5.32 Å². The van der Waals surface area contributed by atoms with Crippen molar-refractivity contribution in [3.8, 4) is 0 Å². The van der Waals surface area contributed by atoms with Gasteiger partial charge in [0.25, 0.3) is 0 Å². The summed E-state index contributed by atoms with van der Waals surface area (Å²) in [5, 5.41) is 3.78. The molecule has 0 heterocycles. The van der Waals surface area contributed by atoms with E-state index in [9.17, 15) is 0 Å². The Morgan fingerprint density at radius 3 is 2.33 bits per heavy atom. The van der Waals surface area contributed by atoms with Gasteiger partial charge in [0.2, 0.25) is 0 Å². The fraction of sp³-hybridized carbons (Fsp3) is 0.647. The Morgan fingerprint density at radius 1 is 1.06 bits per heavy atom. The molecule has 1 N–H and O–H groups in total. The van der Waals surface area contributed by atoms with Gasteiger partial charge >= 0.3 is 0 Å². The minimum Gasteiger partial charge on any atom is -0.307 e. The Labute approximate surface area is 112 Å². The SMILES string of the molecule is Cc1ccc(C(C)NC(C)C2CCCC2)cc1C. The molecule has 0 aliphatic heterocycles. The average Bonchev–Trinajstić information content (AvgIpc) is 2.86. The Bertz CT molecular complexity index is 391. The standard InChI is InChI=1S/C17H27N/c1-12-9-10-17(11-13(12)2)15(4)18-14(3)16-7-5-6-8-16/h9-11,14-16,18H,5-8H2,1-4H3. The van der Waals surface area contributed by atoms with Crippen LogP contribution in [0, 0.1) is 19.8 Å². The molecule has 18 heavy (non-hydrogen) atoms. The minimum absolute atomic E-state index is 0.458. The molecular formula is C17H27N. The van der Waals surface area contributed by atoms with E-state index in [1.807, 2.05) is 0 Å². The Hall–Kier alpha value is -0.820. The highest BCUT2D eigenvalue weighted by Gasteiger charge is 2.22. The highest BCUT2D eigenvalue weighted by Crippen LogP contribution is 2.29. The second-order valence-corrected chi connectivity index (χ2v) is 6.07. The maximum atomic E-state index is 3.78. The fourth-order valence-electron chi connectivity index (χ4n) is 3.12. The quantitative estimate of drug-likeness (QED) is 0.821. The summed E-state index contributed by atoms with van der Waals surface area (Å²) in [6.07, 6.45) is 5.67. The van der Waals surface area contributed by atoms with E-state index < -0.39 is 0 Å². The molecule has 100 valence electrons. The molecule has 2 rings (SSSR count). The Kier molecular flexibility index (Phi) is 4.45. The van der Waals surface area contributed by atoms with Gasteiger partial charge in [0, 0.05) is 12.1 Å². The lowest BCUT2D eigenvalue weighted by Gasteiger charge is -2.25. The van der Waals surface area contributed by atoms with Gasteiger partial charge in [-0.2, -0.15) is 0 Å². The highest BCUT2D eigenvalue weighted by molar-refractivity contribution is 5.31. The van der Waals surface area contributed by atoms with E-state index in [1.165, 1.54) is 42.4 Å². The zero-order valence-electron chi connectivity index (χ0n) is 12.3. The van der Waals surface area contributed by atoms with E-state index in [1.54, 1.807) is 0 Å². The number of aryl methyl sites for hydroxylation is 2. The third kappa shape index (κ3) is 3.14. The molecule has 0 radical (unpaired) electrons. The molecule has 1 saturated carbocycles. The van der Waals surface area contributed by atoms with E-state index in [4.69, 9.17) is 0 Å². The minimum atomic E-state index is 0.458. The van der Waals surface area contributed by atoms with Gasteiger partial charge in [0.15, 0.2) is 0 Å². The molecule has 0 bridgehead atoms. The number of rotatable bonds is 4. The van der Waals surface area contributed by atoms with Crippen molar-refractivity contribution < 1.29 is 0 Å². The van der Waals surface area contributed by atoms with Crippen molar-refractivity contribution >= 4 is 0 Å². The summed E-state index contributed by atoms with van der Waals surface area (Å²) in [5.41, 5.74) is 4.20. The number of hydrogen-bond donors (Lipinski definition) is 1. The fourth-order valence-corrected chi connectivity index (χ4v) is 3.12. The van der Waals surface area contributed by atoms with Crippen LogP contribution in [-0.4, -0.2) is 6.04 Å². The van der Waals surface area contributed by atoms with Gasteiger partial charge in [-0.15, -0.1) is 0 Å². The maximum absolute atomic E-state index is 3.78. The molecule has 2 unspecified atom stereocenters. The van der Waals surface area contributed by atoms with Crippen LogP contribution in [0.15, 0.2) is 18.2 Å². The third-order valence-electron chi connectivity index (χ3n) is 4.65. The summed E-state index contributed by atoms with van der Waals surface area (Å²) >= 11 is 0. The molecule has 1 heteroatoms. The van der Waals surface area contributed by atoms with Crippen LogP contribution in [0.3, 0.4) is 0 Å². The number of nitrogens with one attached hydrogen (secondary N) is 1. The first-order valence-electron chi connectivity index (χ1n) is 7.41. The van der Waals surface area contributed by atoms with Crippen molar-refractivity contribution in [2.24, 2.45) is 5.92 Å². The lowest BCUT2D eigenvalue weighted by Crippen LogP contribution is -2.34. The molecule has 1 aromatic rings.